The lowest BCUT2D eigenvalue weighted by molar-refractivity contribution is -0.122. The molecule has 7 rings (SSSR count). The Bertz CT molecular complexity index is 2040. The highest BCUT2D eigenvalue weighted by Crippen LogP contribution is 2.53. The van der Waals surface area contributed by atoms with Gasteiger partial charge in [-0.05, 0) is 53.4 Å². The molecule has 2 aliphatic heterocycles. The average molecular weight is 658 g/mol. The first-order valence-electron chi connectivity index (χ1n) is 13.9. The molecule has 2 aliphatic rings. The van der Waals surface area contributed by atoms with Gasteiger partial charge in [0, 0.05) is 26.9 Å². The number of fused-ring (bicyclic) bond motifs is 3. The van der Waals surface area contributed by atoms with Crippen LogP contribution in [0.15, 0.2) is 94.7 Å². The SMILES string of the molecule is COc1cc([C@H]2c3sc(=O)[nH]c3SC3C(=O)N(c4ccc(Cl)cc4)C(=O)C32)ccc1OCC(=O)Nc1cccc2ccccc12. The number of anilines is 2. The van der Waals surface area contributed by atoms with Gasteiger partial charge >= 0.3 is 4.87 Å². The fourth-order valence-corrected chi connectivity index (χ4v) is 8.52. The Kier molecular flexibility index (Phi) is 7.60. The molecule has 1 aromatic heterocycles. The molecule has 45 heavy (non-hydrogen) atoms. The van der Waals surface area contributed by atoms with Gasteiger partial charge in [0.1, 0.15) is 5.25 Å². The van der Waals surface area contributed by atoms with Crippen LogP contribution < -0.4 is 24.6 Å². The van der Waals surface area contributed by atoms with Crippen LogP contribution in [0.1, 0.15) is 16.4 Å². The van der Waals surface area contributed by atoms with E-state index < -0.39 is 17.1 Å². The predicted molar refractivity (Wildman–Crippen MR) is 175 cm³/mol. The molecule has 3 amide bonds. The molecule has 12 heteroatoms. The summed E-state index contributed by atoms with van der Waals surface area (Å²) in [6.45, 7) is -0.268. The highest BCUT2D eigenvalue weighted by molar-refractivity contribution is 8.00. The van der Waals surface area contributed by atoms with Crippen molar-refractivity contribution in [1.29, 1.82) is 0 Å². The number of halogens is 1. The van der Waals surface area contributed by atoms with Crippen molar-refractivity contribution in [3.63, 3.8) is 0 Å². The molecule has 9 nitrogen and oxygen atoms in total. The number of carbonyl (C=O) groups is 3. The minimum atomic E-state index is -0.764. The maximum Gasteiger partial charge on any atom is 0.305 e. The van der Waals surface area contributed by atoms with Crippen LogP contribution in [0.25, 0.3) is 10.8 Å². The first-order chi connectivity index (χ1) is 21.8. The standard InChI is InChI=1S/C33H24ClN3O6S2/c1-42-24-15-18(9-14-23(24)43-16-25(38)35-22-8-4-6-17-5-2-3-7-21(17)22)26-27-29(44-30-28(26)45-33(41)36-30)32(40)37(31(27)39)20-12-10-19(34)11-13-20/h2-15,26-27,29H,16H2,1H3,(H,35,38)(H,36,41)/t26-,27?,29?/m1/s1. The maximum atomic E-state index is 13.9. The number of rotatable bonds is 7. The number of H-pyrrole nitrogens is 1. The van der Waals surface area contributed by atoms with E-state index >= 15 is 0 Å². The van der Waals surface area contributed by atoms with E-state index in [0.29, 0.717) is 43.4 Å². The quantitative estimate of drug-likeness (QED) is 0.204. The summed E-state index contributed by atoms with van der Waals surface area (Å²) in [6.07, 6.45) is 0. The molecule has 3 heterocycles. The number of thiazole rings is 1. The largest absolute Gasteiger partial charge is 0.493 e. The minimum Gasteiger partial charge on any atom is -0.493 e. The van der Waals surface area contributed by atoms with Gasteiger partial charge in [0.2, 0.25) is 11.8 Å². The van der Waals surface area contributed by atoms with Crippen molar-refractivity contribution >= 4 is 74.6 Å². The Morgan fingerprint density at radius 3 is 2.53 bits per heavy atom. The number of benzene rings is 4. The van der Waals surface area contributed by atoms with Gasteiger partial charge in [-0.2, -0.15) is 0 Å². The van der Waals surface area contributed by atoms with E-state index in [2.05, 4.69) is 10.3 Å². The van der Waals surface area contributed by atoms with Crippen molar-refractivity contribution < 1.29 is 23.9 Å². The van der Waals surface area contributed by atoms with E-state index in [-0.39, 0.29) is 29.2 Å². The van der Waals surface area contributed by atoms with Gasteiger partial charge in [-0.15, -0.1) is 0 Å². The number of aromatic nitrogens is 1. The number of carbonyl (C=O) groups excluding carboxylic acids is 3. The van der Waals surface area contributed by atoms with Gasteiger partial charge in [-0.25, -0.2) is 4.90 Å². The summed E-state index contributed by atoms with van der Waals surface area (Å²) < 4.78 is 11.5. The fourth-order valence-electron chi connectivity index (χ4n) is 5.88. The summed E-state index contributed by atoms with van der Waals surface area (Å²) >= 11 is 8.27. The van der Waals surface area contributed by atoms with E-state index in [9.17, 15) is 19.2 Å². The minimum absolute atomic E-state index is 0.268. The number of hydrogen-bond acceptors (Lipinski definition) is 8. The first-order valence-corrected chi connectivity index (χ1v) is 16.0. The first kappa shape index (κ1) is 29.1. The Labute approximate surface area is 270 Å². The summed E-state index contributed by atoms with van der Waals surface area (Å²) in [5.74, 6) is -1.75. The Balaban J connectivity index is 1.16. The number of imide groups is 1. The lowest BCUT2D eigenvalue weighted by Crippen LogP contribution is -2.32. The van der Waals surface area contributed by atoms with E-state index in [1.165, 1.54) is 23.8 Å². The van der Waals surface area contributed by atoms with E-state index in [4.69, 9.17) is 21.1 Å². The zero-order valence-electron chi connectivity index (χ0n) is 23.6. The summed E-state index contributed by atoms with van der Waals surface area (Å²) in [5.41, 5.74) is 1.78. The van der Waals surface area contributed by atoms with Gasteiger partial charge in [0.05, 0.1) is 23.7 Å². The topological polar surface area (TPSA) is 118 Å². The van der Waals surface area contributed by atoms with Gasteiger partial charge < -0.3 is 19.8 Å². The van der Waals surface area contributed by atoms with Crippen molar-refractivity contribution in [2.24, 2.45) is 5.92 Å². The predicted octanol–water partition coefficient (Wildman–Crippen LogP) is 6.06. The molecule has 0 radical (unpaired) electrons. The van der Waals surface area contributed by atoms with Crippen LogP contribution in [0.5, 0.6) is 11.5 Å². The number of nitrogens with zero attached hydrogens (tertiary/aromatic N) is 1. The van der Waals surface area contributed by atoms with Crippen LogP contribution >= 0.6 is 34.7 Å². The number of aromatic amines is 1. The number of thioether (sulfide) groups is 1. The summed E-state index contributed by atoms with van der Waals surface area (Å²) in [5, 5.41) is 5.14. The highest BCUT2D eigenvalue weighted by atomic mass is 35.5. The lowest BCUT2D eigenvalue weighted by Gasteiger charge is -2.30. The molecule has 0 saturated carbocycles. The van der Waals surface area contributed by atoms with Crippen LogP contribution in [0.3, 0.4) is 0 Å². The number of hydrogen-bond donors (Lipinski definition) is 2. The normalized spacial score (nSPS) is 18.9. The zero-order chi connectivity index (χ0) is 31.2. The summed E-state index contributed by atoms with van der Waals surface area (Å²) in [6, 6.07) is 25.1. The molecule has 5 aromatic rings. The maximum absolute atomic E-state index is 13.9. The van der Waals surface area contributed by atoms with Crippen molar-refractivity contribution in [2.45, 2.75) is 16.2 Å². The van der Waals surface area contributed by atoms with Gasteiger partial charge in [0.15, 0.2) is 18.1 Å². The number of ether oxygens (including phenoxy) is 2. The highest BCUT2D eigenvalue weighted by Gasteiger charge is 2.56. The number of nitrogens with one attached hydrogen (secondary N) is 2. The number of amides is 3. The summed E-state index contributed by atoms with van der Waals surface area (Å²) in [7, 11) is 1.48. The van der Waals surface area contributed by atoms with Crippen molar-refractivity contribution in [1.82, 2.24) is 4.98 Å². The molecule has 0 spiro atoms. The third-order valence-electron chi connectivity index (χ3n) is 7.88. The Morgan fingerprint density at radius 2 is 1.73 bits per heavy atom. The van der Waals surface area contributed by atoms with Crippen molar-refractivity contribution in [3.8, 4) is 11.5 Å². The number of methoxy groups -OCH3 is 1. The van der Waals surface area contributed by atoms with Gasteiger partial charge in [0.25, 0.3) is 5.91 Å². The van der Waals surface area contributed by atoms with Crippen LogP contribution in [0.2, 0.25) is 5.02 Å². The molecule has 3 atom stereocenters. The van der Waals surface area contributed by atoms with Gasteiger partial charge in [-0.3, -0.25) is 19.2 Å². The lowest BCUT2D eigenvalue weighted by atomic mass is 9.83. The monoisotopic (exact) mass is 657 g/mol. The fraction of sp³-hybridized carbons (Fsp3) is 0.152. The van der Waals surface area contributed by atoms with Crippen molar-refractivity contribution in [3.05, 3.63) is 110 Å². The Morgan fingerprint density at radius 1 is 0.956 bits per heavy atom. The van der Waals surface area contributed by atoms with Crippen LogP contribution in [0.4, 0.5) is 11.4 Å². The molecule has 1 fully saturated rings. The van der Waals surface area contributed by atoms with Crippen LogP contribution in [-0.2, 0) is 14.4 Å². The smallest absolute Gasteiger partial charge is 0.305 e. The van der Waals surface area contributed by atoms with E-state index in [1.807, 2.05) is 42.5 Å². The molecule has 0 aliphatic carbocycles. The van der Waals surface area contributed by atoms with E-state index in [0.717, 1.165) is 22.1 Å². The van der Waals surface area contributed by atoms with Gasteiger partial charge in [-0.1, -0.05) is 77.2 Å². The molecular weight excluding hydrogens is 634 g/mol. The third-order valence-corrected chi connectivity index (χ3v) is 10.5. The molecule has 4 aromatic carbocycles. The molecule has 1 saturated heterocycles. The Hall–Kier alpha value is -4.58. The second kappa shape index (κ2) is 11.7. The molecule has 0 bridgehead atoms. The van der Waals surface area contributed by atoms with E-state index in [1.54, 1.807) is 42.5 Å². The molecule has 2 unspecified atom stereocenters. The second-order valence-corrected chi connectivity index (χ2v) is 13.1. The van der Waals surface area contributed by atoms with Crippen LogP contribution in [-0.4, -0.2) is 41.7 Å². The molecular formula is C33H24ClN3O6S2. The molecule has 226 valence electrons. The molecule has 2 N–H and O–H groups in total. The van der Waals surface area contributed by atoms with Crippen molar-refractivity contribution in [2.75, 3.05) is 23.9 Å². The summed E-state index contributed by atoms with van der Waals surface area (Å²) in [4.78, 5) is 57.3. The third kappa shape index (κ3) is 5.26. The zero-order valence-corrected chi connectivity index (χ0v) is 26.0. The average Bonchev–Trinajstić information content (AvgIpc) is 3.54. The van der Waals surface area contributed by atoms with Crippen LogP contribution in [0, 0.1) is 5.92 Å². The second-order valence-electron chi connectivity index (χ2n) is 10.5.